The van der Waals surface area contributed by atoms with Gasteiger partial charge in [0.1, 0.15) is 5.82 Å². The molecule has 0 spiro atoms. The van der Waals surface area contributed by atoms with E-state index in [2.05, 4.69) is 5.32 Å². The first-order chi connectivity index (χ1) is 13.2. The molecule has 4 heteroatoms. The van der Waals surface area contributed by atoms with Gasteiger partial charge in [0.25, 0.3) is 0 Å². The minimum atomic E-state index is -0.299. The lowest BCUT2D eigenvalue weighted by Crippen LogP contribution is -2.12. The van der Waals surface area contributed by atoms with Crippen LogP contribution in [0.4, 0.5) is 10.1 Å². The fourth-order valence-corrected chi connectivity index (χ4v) is 3.76. The zero-order valence-corrected chi connectivity index (χ0v) is 16.0. The molecule has 3 rings (SSSR count). The highest BCUT2D eigenvalue weighted by Crippen LogP contribution is 2.30. The summed E-state index contributed by atoms with van der Waals surface area (Å²) < 4.78 is 18.3. The molecule has 0 amide bonds. The van der Waals surface area contributed by atoms with Crippen molar-refractivity contribution in [2.75, 3.05) is 11.9 Å². The van der Waals surface area contributed by atoms with E-state index in [0.29, 0.717) is 24.6 Å². The van der Waals surface area contributed by atoms with Gasteiger partial charge in [-0.3, -0.25) is 0 Å². The maximum Gasteiger partial charge on any atom is 0.338 e. The van der Waals surface area contributed by atoms with Crippen LogP contribution in [0.3, 0.4) is 0 Å². The molecule has 2 aromatic rings. The Hall–Kier alpha value is -2.36. The summed E-state index contributed by atoms with van der Waals surface area (Å²) in [4.78, 5) is 12.1. The first kappa shape index (κ1) is 19.4. The lowest BCUT2D eigenvalue weighted by molar-refractivity contribution is 0.0526. The Kier molecular flexibility index (Phi) is 6.86. The predicted molar refractivity (Wildman–Crippen MR) is 106 cm³/mol. The minimum Gasteiger partial charge on any atom is -0.462 e. The van der Waals surface area contributed by atoms with E-state index in [1.54, 1.807) is 12.1 Å². The molecule has 27 heavy (non-hydrogen) atoms. The summed E-state index contributed by atoms with van der Waals surface area (Å²) in [6.45, 7) is 2.76. The summed E-state index contributed by atoms with van der Waals surface area (Å²) in [5.74, 6) is 0.172. The Morgan fingerprint density at radius 2 is 1.85 bits per heavy atom. The van der Waals surface area contributed by atoms with E-state index in [0.717, 1.165) is 17.7 Å². The second-order valence-corrected chi connectivity index (χ2v) is 7.28. The Labute approximate surface area is 160 Å². The molecule has 1 fully saturated rings. The van der Waals surface area contributed by atoms with Gasteiger partial charge in [-0.2, -0.15) is 0 Å². The lowest BCUT2D eigenvalue weighted by atomic mass is 9.84. The van der Waals surface area contributed by atoms with Crippen LogP contribution in [-0.4, -0.2) is 12.6 Å². The molecule has 0 unspecified atom stereocenters. The number of halogens is 1. The number of hydrogen-bond acceptors (Lipinski definition) is 3. The number of hydrogen-bond donors (Lipinski definition) is 1. The monoisotopic (exact) mass is 369 g/mol. The molecule has 2 aromatic carbocycles. The summed E-state index contributed by atoms with van der Waals surface area (Å²) in [5.41, 5.74) is 3.76. The maximum absolute atomic E-state index is 13.1. The molecule has 1 saturated carbocycles. The first-order valence-corrected chi connectivity index (χ1v) is 9.94. The Morgan fingerprint density at radius 1 is 1.11 bits per heavy atom. The number of carbonyl (C=O) groups excluding carboxylic acids is 1. The van der Waals surface area contributed by atoms with E-state index in [-0.39, 0.29) is 11.8 Å². The molecule has 0 radical (unpaired) electrons. The number of esters is 1. The third-order valence-corrected chi connectivity index (χ3v) is 5.25. The van der Waals surface area contributed by atoms with Crippen molar-refractivity contribution in [2.45, 2.75) is 52.0 Å². The molecule has 1 aliphatic rings. The van der Waals surface area contributed by atoms with E-state index >= 15 is 0 Å². The number of carbonyl (C=O) groups is 1. The molecule has 0 aromatic heterocycles. The second kappa shape index (κ2) is 9.54. The van der Waals surface area contributed by atoms with Gasteiger partial charge >= 0.3 is 5.97 Å². The molecule has 1 aliphatic carbocycles. The van der Waals surface area contributed by atoms with Crippen molar-refractivity contribution < 1.29 is 13.9 Å². The van der Waals surface area contributed by atoms with Crippen LogP contribution < -0.4 is 5.32 Å². The highest BCUT2D eigenvalue weighted by atomic mass is 19.1. The number of anilines is 1. The van der Waals surface area contributed by atoms with Crippen molar-refractivity contribution in [3.63, 3.8) is 0 Å². The van der Waals surface area contributed by atoms with Crippen molar-refractivity contribution in [3.05, 3.63) is 65.0 Å². The van der Waals surface area contributed by atoms with Crippen molar-refractivity contribution in [1.29, 1.82) is 0 Å². The van der Waals surface area contributed by atoms with Gasteiger partial charge in [0, 0.05) is 12.2 Å². The summed E-state index contributed by atoms with van der Waals surface area (Å²) in [5, 5.41) is 3.45. The fraction of sp³-hybridized carbons (Fsp3) is 0.435. The number of benzene rings is 2. The van der Waals surface area contributed by atoms with Crippen molar-refractivity contribution in [3.8, 4) is 0 Å². The largest absolute Gasteiger partial charge is 0.462 e. The van der Waals surface area contributed by atoms with Gasteiger partial charge in [-0.25, -0.2) is 9.18 Å². The van der Waals surface area contributed by atoms with Gasteiger partial charge in [-0.1, -0.05) is 50.3 Å². The SMILES string of the molecule is CCOC(=O)c1ccc(CC2CCCCC2)c(NCc2ccc(F)cc2)c1. The van der Waals surface area contributed by atoms with Crippen LogP contribution in [0, 0.1) is 11.7 Å². The van der Waals surface area contributed by atoms with Gasteiger partial charge in [-0.15, -0.1) is 0 Å². The highest BCUT2D eigenvalue weighted by molar-refractivity contribution is 5.90. The summed E-state index contributed by atoms with van der Waals surface area (Å²) in [7, 11) is 0. The standard InChI is InChI=1S/C23H28FNO2/c1-2-27-23(26)20-11-10-19(14-17-6-4-3-5-7-17)22(15-20)25-16-18-8-12-21(24)13-9-18/h8-13,15,17,25H,2-7,14,16H2,1H3. The first-order valence-electron chi connectivity index (χ1n) is 9.94. The van der Waals surface area contributed by atoms with Gasteiger partial charge in [0.15, 0.2) is 0 Å². The van der Waals surface area contributed by atoms with E-state index in [4.69, 9.17) is 4.74 Å². The van der Waals surface area contributed by atoms with Crippen LogP contribution in [0.15, 0.2) is 42.5 Å². The topological polar surface area (TPSA) is 38.3 Å². The van der Waals surface area contributed by atoms with Crippen molar-refractivity contribution in [1.82, 2.24) is 0 Å². The Bertz CT molecular complexity index is 751. The molecule has 1 N–H and O–H groups in total. The normalized spacial score (nSPS) is 14.7. The van der Waals surface area contributed by atoms with E-state index in [1.165, 1.54) is 49.8 Å². The Balaban J connectivity index is 1.77. The highest BCUT2D eigenvalue weighted by Gasteiger charge is 2.17. The minimum absolute atomic E-state index is 0.235. The fourth-order valence-electron chi connectivity index (χ4n) is 3.76. The zero-order chi connectivity index (χ0) is 19.1. The Morgan fingerprint density at radius 3 is 2.56 bits per heavy atom. The van der Waals surface area contributed by atoms with Crippen LogP contribution in [0.2, 0.25) is 0 Å². The van der Waals surface area contributed by atoms with Crippen molar-refractivity contribution in [2.24, 2.45) is 5.92 Å². The van der Waals surface area contributed by atoms with Gasteiger partial charge in [0.05, 0.1) is 12.2 Å². The molecule has 144 valence electrons. The van der Waals surface area contributed by atoms with Gasteiger partial charge in [0.2, 0.25) is 0 Å². The quantitative estimate of drug-likeness (QED) is 0.633. The number of nitrogens with one attached hydrogen (secondary N) is 1. The molecular formula is C23H28FNO2. The molecule has 0 atom stereocenters. The van der Waals surface area contributed by atoms with E-state index in [1.807, 2.05) is 25.1 Å². The lowest BCUT2D eigenvalue weighted by Gasteiger charge is -2.23. The van der Waals surface area contributed by atoms with Gasteiger partial charge in [-0.05, 0) is 54.7 Å². The van der Waals surface area contributed by atoms with Crippen LogP contribution in [-0.2, 0) is 17.7 Å². The summed E-state index contributed by atoms with van der Waals surface area (Å²) >= 11 is 0. The van der Waals surface area contributed by atoms with Crippen LogP contribution >= 0.6 is 0 Å². The molecule has 0 saturated heterocycles. The average Bonchev–Trinajstić information content (AvgIpc) is 2.69. The zero-order valence-electron chi connectivity index (χ0n) is 16.0. The van der Waals surface area contributed by atoms with E-state index in [9.17, 15) is 9.18 Å². The second-order valence-electron chi connectivity index (χ2n) is 7.28. The average molecular weight is 369 g/mol. The number of rotatable bonds is 7. The van der Waals surface area contributed by atoms with E-state index < -0.39 is 0 Å². The molecule has 0 heterocycles. The third kappa shape index (κ3) is 5.56. The third-order valence-electron chi connectivity index (χ3n) is 5.25. The van der Waals surface area contributed by atoms with Crippen LogP contribution in [0.5, 0.6) is 0 Å². The van der Waals surface area contributed by atoms with Crippen molar-refractivity contribution >= 4 is 11.7 Å². The summed E-state index contributed by atoms with van der Waals surface area (Å²) in [6, 6.07) is 12.3. The molecule has 0 aliphatic heterocycles. The maximum atomic E-state index is 13.1. The number of ether oxygens (including phenoxy) is 1. The van der Waals surface area contributed by atoms with Crippen LogP contribution in [0.25, 0.3) is 0 Å². The summed E-state index contributed by atoms with van der Waals surface area (Å²) in [6.07, 6.45) is 7.53. The predicted octanol–water partition coefficient (Wildman–Crippen LogP) is 5.74. The molecular weight excluding hydrogens is 341 g/mol. The molecule has 3 nitrogen and oxygen atoms in total. The smallest absolute Gasteiger partial charge is 0.338 e. The molecule has 0 bridgehead atoms. The van der Waals surface area contributed by atoms with Crippen LogP contribution in [0.1, 0.15) is 60.5 Å². The van der Waals surface area contributed by atoms with Gasteiger partial charge < -0.3 is 10.1 Å².